The lowest BCUT2D eigenvalue weighted by Gasteiger charge is -2.15. The molecule has 0 aliphatic rings. The van der Waals surface area contributed by atoms with Gasteiger partial charge in [-0.2, -0.15) is 0 Å². The zero-order valence-corrected chi connectivity index (χ0v) is 10.6. The molecule has 0 fully saturated rings. The molecule has 0 heterocycles. The van der Waals surface area contributed by atoms with E-state index in [0.717, 1.165) is 23.4 Å². The summed E-state index contributed by atoms with van der Waals surface area (Å²) in [5.41, 5.74) is 6.88. The first-order chi connectivity index (χ1) is 7.00. The first kappa shape index (κ1) is 12.8. The zero-order chi connectivity index (χ0) is 11.4. The van der Waals surface area contributed by atoms with Crippen molar-refractivity contribution in [1.82, 2.24) is 0 Å². The molecule has 0 saturated heterocycles. The van der Waals surface area contributed by atoms with Crippen LogP contribution in [0.4, 0.5) is 0 Å². The third-order valence-corrected chi connectivity index (χ3v) is 3.11. The lowest BCUT2D eigenvalue weighted by Crippen LogP contribution is -2.15. The van der Waals surface area contributed by atoms with Gasteiger partial charge in [-0.05, 0) is 43.4 Å². The van der Waals surface area contributed by atoms with Gasteiger partial charge in [0.15, 0.2) is 0 Å². The topological polar surface area (TPSA) is 26.0 Å². The molecule has 2 N–H and O–H groups in total. The minimum absolute atomic E-state index is 0.249. The molecule has 0 aromatic heterocycles. The maximum Gasteiger partial charge on any atom is 0.0455 e. The molecular formula is C12H17Cl2N. The van der Waals surface area contributed by atoms with Crippen molar-refractivity contribution in [3.63, 3.8) is 0 Å². The number of benzene rings is 1. The van der Waals surface area contributed by atoms with Gasteiger partial charge in [0.05, 0.1) is 0 Å². The van der Waals surface area contributed by atoms with Gasteiger partial charge < -0.3 is 5.73 Å². The summed E-state index contributed by atoms with van der Waals surface area (Å²) in [7, 11) is 0. The summed E-state index contributed by atoms with van der Waals surface area (Å²) < 4.78 is 0. The Balaban J connectivity index is 2.69. The number of hydrogen-bond donors (Lipinski definition) is 1. The van der Waals surface area contributed by atoms with Crippen molar-refractivity contribution in [3.05, 3.63) is 33.8 Å². The maximum atomic E-state index is 6.12. The largest absolute Gasteiger partial charge is 0.328 e. The summed E-state index contributed by atoms with van der Waals surface area (Å²) in [4.78, 5) is 0. The van der Waals surface area contributed by atoms with Crippen LogP contribution in [0, 0.1) is 0 Å². The van der Waals surface area contributed by atoms with Gasteiger partial charge in [-0.1, -0.05) is 36.2 Å². The Morgan fingerprint density at radius 2 is 1.87 bits per heavy atom. The van der Waals surface area contributed by atoms with Gasteiger partial charge in [0.2, 0.25) is 0 Å². The molecule has 2 unspecified atom stereocenters. The van der Waals surface area contributed by atoms with Gasteiger partial charge in [0.25, 0.3) is 0 Å². The van der Waals surface area contributed by atoms with E-state index in [0.29, 0.717) is 10.9 Å². The van der Waals surface area contributed by atoms with Gasteiger partial charge in [-0.25, -0.2) is 0 Å². The van der Waals surface area contributed by atoms with Crippen molar-refractivity contribution in [3.8, 4) is 0 Å². The summed E-state index contributed by atoms with van der Waals surface area (Å²) in [5, 5.41) is 1.43. The van der Waals surface area contributed by atoms with Crippen LogP contribution in [0.15, 0.2) is 18.2 Å². The molecule has 15 heavy (non-hydrogen) atoms. The highest BCUT2D eigenvalue weighted by Gasteiger charge is 2.10. The van der Waals surface area contributed by atoms with Gasteiger partial charge >= 0.3 is 0 Å². The van der Waals surface area contributed by atoms with Crippen molar-refractivity contribution >= 4 is 23.2 Å². The van der Waals surface area contributed by atoms with E-state index >= 15 is 0 Å². The van der Waals surface area contributed by atoms with E-state index in [2.05, 4.69) is 6.92 Å². The standard InChI is InChI=1S/C12H17Cl2N/c1-8(3-4-9(2)15)11-6-5-10(13)7-12(11)14/h5-9H,3-4,15H2,1-2H3. The second kappa shape index (κ2) is 5.74. The molecule has 3 heteroatoms. The van der Waals surface area contributed by atoms with E-state index in [1.807, 2.05) is 19.1 Å². The molecule has 0 saturated carbocycles. The molecule has 1 rings (SSSR count). The molecule has 84 valence electrons. The molecule has 1 aromatic carbocycles. The van der Waals surface area contributed by atoms with Crippen LogP contribution >= 0.6 is 23.2 Å². The molecule has 0 amide bonds. The molecule has 0 aliphatic carbocycles. The highest BCUT2D eigenvalue weighted by atomic mass is 35.5. The highest BCUT2D eigenvalue weighted by Crippen LogP contribution is 2.30. The van der Waals surface area contributed by atoms with Crippen LogP contribution in [0.5, 0.6) is 0 Å². The van der Waals surface area contributed by atoms with Crippen molar-refractivity contribution in [2.24, 2.45) is 5.73 Å². The zero-order valence-electron chi connectivity index (χ0n) is 9.13. The monoisotopic (exact) mass is 245 g/mol. The molecule has 0 radical (unpaired) electrons. The molecule has 0 spiro atoms. The number of rotatable bonds is 4. The van der Waals surface area contributed by atoms with Crippen LogP contribution < -0.4 is 5.73 Å². The molecule has 1 aromatic rings. The molecule has 0 aliphatic heterocycles. The second-order valence-electron chi connectivity index (χ2n) is 4.12. The number of halogens is 2. The smallest absolute Gasteiger partial charge is 0.0455 e. The minimum atomic E-state index is 0.249. The minimum Gasteiger partial charge on any atom is -0.328 e. The van der Waals surface area contributed by atoms with Gasteiger partial charge in [0.1, 0.15) is 0 Å². The van der Waals surface area contributed by atoms with Gasteiger partial charge in [-0.3, -0.25) is 0 Å². The fourth-order valence-corrected chi connectivity index (χ4v) is 2.16. The Kier molecular flexibility index (Phi) is 4.91. The summed E-state index contributed by atoms with van der Waals surface area (Å²) in [6.45, 7) is 4.19. The van der Waals surface area contributed by atoms with Crippen LogP contribution in [0.3, 0.4) is 0 Å². The maximum absolute atomic E-state index is 6.12. The van der Waals surface area contributed by atoms with E-state index < -0.39 is 0 Å². The normalized spacial score (nSPS) is 15.0. The van der Waals surface area contributed by atoms with Crippen molar-refractivity contribution in [1.29, 1.82) is 0 Å². The van der Waals surface area contributed by atoms with Crippen LogP contribution in [0.1, 0.15) is 38.2 Å². The molecule has 2 atom stereocenters. The molecular weight excluding hydrogens is 229 g/mol. The fraction of sp³-hybridized carbons (Fsp3) is 0.500. The van der Waals surface area contributed by atoms with Gasteiger partial charge in [0, 0.05) is 16.1 Å². The van der Waals surface area contributed by atoms with Crippen molar-refractivity contribution < 1.29 is 0 Å². The average Bonchev–Trinajstić information content (AvgIpc) is 2.14. The van der Waals surface area contributed by atoms with E-state index in [1.54, 1.807) is 6.07 Å². The average molecular weight is 246 g/mol. The van der Waals surface area contributed by atoms with Crippen molar-refractivity contribution in [2.45, 2.75) is 38.6 Å². The predicted octanol–water partition coefficient (Wildman–Crippen LogP) is 4.22. The lowest BCUT2D eigenvalue weighted by molar-refractivity contribution is 0.569. The fourth-order valence-electron chi connectivity index (χ4n) is 1.57. The first-order valence-corrected chi connectivity index (χ1v) is 5.97. The summed E-state index contributed by atoms with van der Waals surface area (Å²) in [6.07, 6.45) is 2.07. The quantitative estimate of drug-likeness (QED) is 0.845. The number of nitrogens with two attached hydrogens (primary N) is 1. The van der Waals surface area contributed by atoms with E-state index in [4.69, 9.17) is 28.9 Å². The third-order valence-electron chi connectivity index (χ3n) is 2.55. The van der Waals surface area contributed by atoms with E-state index in [-0.39, 0.29) is 6.04 Å². The third kappa shape index (κ3) is 4.02. The summed E-state index contributed by atoms with van der Waals surface area (Å²) in [5.74, 6) is 0.431. The predicted molar refractivity (Wildman–Crippen MR) is 67.8 cm³/mol. The summed E-state index contributed by atoms with van der Waals surface area (Å²) >= 11 is 12.0. The lowest BCUT2D eigenvalue weighted by atomic mass is 9.95. The Labute approximate surface area is 102 Å². The van der Waals surface area contributed by atoms with Crippen LogP contribution in [0.25, 0.3) is 0 Å². The van der Waals surface area contributed by atoms with Gasteiger partial charge in [-0.15, -0.1) is 0 Å². The van der Waals surface area contributed by atoms with Crippen LogP contribution in [-0.4, -0.2) is 6.04 Å². The Morgan fingerprint density at radius 1 is 1.20 bits per heavy atom. The summed E-state index contributed by atoms with van der Waals surface area (Å²) in [6, 6.07) is 5.92. The highest BCUT2D eigenvalue weighted by molar-refractivity contribution is 6.35. The Bertz CT molecular complexity index is 323. The van der Waals surface area contributed by atoms with E-state index in [9.17, 15) is 0 Å². The van der Waals surface area contributed by atoms with Crippen LogP contribution in [-0.2, 0) is 0 Å². The Morgan fingerprint density at radius 3 is 2.40 bits per heavy atom. The SMILES string of the molecule is CC(N)CCC(C)c1ccc(Cl)cc1Cl. The van der Waals surface area contributed by atoms with Crippen LogP contribution in [0.2, 0.25) is 10.0 Å². The van der Waals surface area contributed by atoms with E-state index in [1.165, 1.54) is 0 Å². The van der Waals surface area contributed by atoms with Crippen molar-refractivity contribution in [2.75, 3.05) is 0 Å². The Hall–Kier alpha value is -0.240. The molecule has 0 bridgehead atoms. The first-order valence-electron chi connectivity index (χ1n) is 5.21. The molecule has 1 nitrogen and oxygen atoms in total. The number of hydrogen-bond acceptors (Lipinski definition) is 1. The second-order valence-corrected chi connectivity index (χ2v) is 4.97.